The first-order valence-corrected chi connectivity index (χ1v) is 12.5. The summed E-state index contributed by atoms with van der Waals surface area (Å²) >= 11 is 1.13. The Kier molecular flexibility index (Phi) is 6.63. The first kappa shape index (κ1) is 22.5. The van der Waals surface area contributed by atoms with Crippen molar-refractivity contribution in [2.45, 2.75) is 30.6 Å². The Morgan fingerprint density at radius 3 is 2.47 bits per heavy atom. The standard InChI is InChI=1S/C22H21F2N3O3S2/c23-18-9-8-15(13-19(18)24)20-14-31-22(25-20)26-21(28)16-6-5-7-17(12-16)32(29,30)27-10-3-1-2-4-11-27/h5-9,12-14H,1-4,10-11H2,(H,25,26,28). The van der Waals surface area contributed by atoms with E-state index in [0.29, 0.717) is 24.3 Å². The molecule has 1 amide bonds. The van der Waals surface area contributed by atoms with Crippen LogP contribution in [-0.4, -0.2) is 36.7 Å². The lowest BCUT2D eigenvalue weighted by atomic mass is 10.2. The van der Waals surface area contributed by atoms with Gasteiger partial charge in [-0.15, -0.1) is 11.3 Å². The van der Waals surface area contributed by atoms with Crippen LogP contribution in [-0.2, 0) is 10.0 Å². The molecule has 1 N–H and O–H groups in total. The quantitative estimate of drug-likeness (QED) is 0.567. The van der Waals surface area contributed by atoms with Gasteiger partial charge in [-0.1, -0.05) is 18.9 Å². The normalized spacial score (nSPS) is 15.3. The Hall–Kier alpha value is -2.69. The molecule has 1 fully saturated rings. The van der Waals surface area contributed by atoms with Crippen LogP contribution in [0.5, 0.6) is 0 Å². The van der Waals surface area contributed by atoms with Crippen LogP contribution in [0.1, 0.15) is 36.0 Å². The van der Waals surface area contributed by atoms with Crippen molar-refractivity contribution >= 4 is 32.4 Å². The minimum absolute atomic E-state index is 0.0775. The minimum atomic E-state index is -3.68. The number of carbonyl (C=O) groups is 1. The molecular formula is C22H21F2N3O3S2. The number of rotatable bonds is 5. The summed E-state index contributed by atoms with van der Waals surface area (Å²) in [7, 11) is -3.68. The Bertz CT molecular complexity index is 1240. The molecule has 168 valence electrons. The zero-order valence-corrected chi connectivity index (χ0v) is 18.7. The molecule has 0 saturated carbocycles. The number of carbonyl (C=O) groups excluding carboxylic acids is 1. The van der Waals surface area contributed by atoms with Gasteiger partial charge in [-0.25, -0.2) is 22.2 Å². The summed E-state index contributed by atoms with van der Waals surface area (Å²) in [6, 6.07) is 9.36. The van der Waals surface area contributed by atoms with Crippen LogP contribution in [0.2, 0.25) is 0 Å². The van der Waals surface area contributed by atoms with Gasteiger partial charge in [-0.3, -0.25) is 10.1 Å². The molecule has 0 aliphatic carbocycles. The van der Waals surface area contributed by atoms with Gasteiger partial charge in [0.05, 0.1) is 10.6 Å². The van der Waals surface area contributed by atoms with E-state index in [9.17, 15) is 22.0 Å². The summed E-state index contributed by atoms with van der Waals surface area (Å²) in [4.78, 5) is 17.0. The predicted molar refractivity (Wildman–Crippen MR) is 119 cm³/mol. The summed E-state index contributed by atoms with van der Waals surface area (Å²) in [6.07, 6.45) is 3.66. The highest BCUT2D eigenvalue weighted by Crippen LogP contribution is 2.27. The van der Waals surface area contributed by atoms with E-state index in [1.54, 1.807) is 5.38 Å². The number of anilines is 1. The molecule has 32 heavy (non-hydrogen) atoms. The summed E-state index contributed by atoms with van der Waals surface area (Å²) in [6.45, 7) is 0.954. The van der Waals surface area contributed by atoms with E-state index in [1.165, 1.54) is 34.6 Å². The number of hydrogen-bond donors (Lipinski definition) is 1. The van der Waals surface area contributed by atoms with Crippen LogP contribution in [0.25, 0.3) is 11.3 Å². The molecule has 1 aliphatic rings. The number of halogens is 2. The Balaban J connectivity index is 1.51. The van der Waals surface area contributed by atoms with Crippen molar-refractivity contribution < 1.29 is 22.0 Å². The summed E-state index contributed by atoms with van der Waals surface area (Å²) < 4.78 is 54.1. The summed E-state index contributed by atoms with van der Waals surface area (Å²) in [5, 5.41) is 4.51. The second-order valence-corrected chi connectivity index (χ2v) is 10.3. The van der Waals surface area contributed by atoms with E-state index >= 15 is 0 Å². The molecule has 2 aromatic carbocycles. The maximum atomic E-state index is 13.5. The molecule has 0 unspecified atom stereocenters. The van der Waals surface area contributed by atoms with E-state index in [1.807, 2.05) is 0 Å². The van der Waals surface area contributed by atoms with Crippen molar-refractivity contribution in [3.8, 4) is 11.3 Å². The third-order valence-electron chi connectivity index (χ3n) is 5.24. The van der Waals surface area contributed by atoms with Gasteiger partial charge in [-0.2, -0.15) is 4.31 Å². The number of benzene rings is 2. The SMILES string of the molecule is O=C(Nc1nc(-c2ccc(F)c(F)c2)cs1)c1cccc(S(=O)(=O)N2CCCCCC2)c1. The van der Waals surface area contributed by atoms with E-state index in [4.69, 9.17) is 0 Å². The Labute approximate surface area is 189 Å². The Morgan fingerprint density at radius 2 is 1.75 bits per heavy atom. The maximum Gasteiger partial charge on any atom is 0.257 e. The predicted octanol–water partition coefficient (Wildman–Crippen LogP) is 4.91. The van der Waals surface area contributed by atoms with Crippen molar-refractivity contribution in [3.63, 3.8) is 0 Å². The maximum absolute atomic E-state index is 13.5. The number of amides is 1. The minimum Gasteiger partial charge on any atom is -0.298 e. The highest BCUT2D eigenvalue weighted by atomic mass is 32.2. The fraction of sp³-hybridized carbons (Fsp3) is 0.273. The fourth-order valence-corrected chi connectivity index (χ4v) is 5.80. The molecule has 6 nitrogen and oxygen atoms in total. The fourth-order valence-electron chi connectivity index (χ4n) is 3.52. The van der Waals surface area contributed by atoms with E-state index in [-0.39, 0.29) is 15.6 Å². The lowest BCUT2D eigenvalue weighted by Gasteiger charge is -2.20. The lowest BCUT2D eigenvalue weighted by Crippen LogP contribution is -2.32. The monoisotopic (exact) mass is 477 g/mol. The number of hydrogen-bond acceptors (Lipinski definition) is 5. The van der Waals surface area contributed by atoms with Gasteiger partial charge < -0.3 is 0 Å². The van der Waals surface area contributed by atoms with Crippen molar-refractivity contribution in [1.82, 2.24) is 9.29 Å². The highest BCUT2D eigenvalue weighted by Gasteiger charge is 2.26. The highest BCUT2D eigenvalue weighted by molar-refractivity contribution is 7.89. The zero-order chi connectivity index (χ0) is 22.7. The third kappa shape index (κ3) is 4.87. The molecule has 1 aromatic heterocycles. The second kappa shape index (κ2) is 9.43. The molecule has 0 bridgehead atoms. The van der Waals surface area contributed by atoms with Gasteiger partial charge in [0.2, 0.25) is 10.0 Å². The van der Waals surface area contributed by atoms with Crippen LogP contribution in [0.3, 0.4) is 0 Å². The van der Waals surface area contributed by atoms with Gasteiger partial charge >= 0.3 is 0 Å². The van der Waals surface area contributed by atoms with Crippen LogP contribution >= 0.6 is 11.3 Å². The van der Waals surface area contributed by atoms with Crippen molar-refractivity contribution in [1.29, 1.82) is 0 Å². The van der Waals surface area contributed by atoms with Gasteiger partial charge in [0, 0.05) is 29.6 Å². The number of aromatic nitrogens is 1. The molecule has 0 atom stereocenters. The van der Waals surface area contributed by atoms with Crippen molar-refractivity contribution in [3.05, 3.63) is 65.0 Å². The van der Waals surface area contributed by atoms with Crippen LogP contribution in [0, 0.1) is 11.6 Å². The van der Waals surface area contributed by atoms with Crippen LogP contribution in [0.15, 0.2) is 52.7 Å². The number of nitrogens with zero attached hydrogens (tertiary/aromatic N) is 2. The molecule has 0 spiro atoms. The van der Waals surface area contributed by atoms with E-state index in [2.05, 4.69) is 10.3 Å². The largest absolute Gasteiger partial charge is 0.298 e. The molecule has 10 heteroatoms. The smallest absolute Gasteiger partial charge is 0.257 e. The molecule has 0 radical (unpaired) electrons. The van der Waals surface area contributed by atoms with Gasteiger partial charge in [0.1, 0.15) is 0 Å². The second-order valence-electron chi connectivity index (χ2n) is 7.47. The van der Waals surface area contributed by atoms with Gasteiger partial charge in [0.25, 0.3) is 5.91 Å². The molecule has 1 aliphatic heterocycles. The first-order valence-electron chi connectivity index (χ1n) is 10.2. The van der Waals surface area contributed by atoms with Gasteiger partial charge in [-0.05, 0) is 49.2 Å². The molecular weight excluding hydrogens is 456 g/mol. The number of thiazole rings is 1. The number of nitrogens with one attached hydrogen (secondary N) is 1. The average Bonchev–Trinajstić information content (AvgIpc) is 3.06. The molecule has 3 aromatic rings. The first-order chi connectivity index (χ1) is 15.3. The average molecular weight is 478 g/mol. The Morgan fingerprint density at radius 1 is 1.00 bits per heavy atom. The van der Waals surface area contributed by atoms with E-state index < -0.39 is 27.6 Å². The summed E-state index contributed by atoms with van der Waals surface area (Å²) in [5.74, 6) is -2.44. The third-order valence-corrected chi connectivity index (χ3v) is 7.89. The summed E-state index contributed by atoms with van der Waals surface area (Å²) in [5.41, 5.74) is 0.957. The van der Waals surface area contributed by atoms with Gasteiger partial charge in [0.15, 0.2) is 16.8 Å². The van der Waals surface area contributed by atoms with Crippen molar-refractivity contribution in [2.75, 3.05) is 18.4 Å². The van der Waals surface area contributed by atoms with Crippen LogP contribution in [0.4, 0.5) is 13.9 Å². The lowest BCUT2D eigenvalue weighted by molar-refractivity contribution is 0.102. The zero-order valence-electron chi connectivity index (χ0n) is 17.1. The van der Waals surface area contributed by atoms with E-state index in [0.717, 1.165) is 49.2 Å². The molecule has 1 saturated heterocycles. The topological polar surface area (TPSA) is 79.4 Å². The van der Waals surface area contributed by atoms with Crippen LogP contribution < -0.4 is 5.32 Å². The van der Waals surface area contributed by atoms with Crippen molar-refractivity contribution in [2.24, 2.45) is 0 Å². The molecule has 2 heterocycles. The number of sulfonamides is 1. The molecule has 4 rings (SSSR count).